The Kier molecular flexibility index (Phi) is 10.0. The molecule has 0 saturated carbocycles. The molecular weight excluding hydrogens is 392 g/mol. The van der Waals surface area contributed by atoms with Crippen LogP contribution in [-0.2, 0) is 17.9 Å². The number of aromatic nitrogens is 1. The van der Waals surface area contributed by atoms with Crippen molar-refractivity contribution in [2.45, 2.75) is 52.6 Å². The fourth-order valence-corrected chi connectivity index (χ4v) is 3.23. The van der Waals surface area contributed by atoms with E-state index < -0.39 is 0 Å². The number of benzene rings is 1. The lowest BCUT2D eigenvalue weighted by atomic mass is 9.99. The number of nitrogens with one attached hydrogen (secondary N) is 3. The van der Waals surface area contributed by atoms with Gasteiger partial charge in [0.15, 0.2) is 11.7 Å². The summed E-state index contributed by atoms with van der Waals surface area (Å²) in [5, 5.41) is 13.7. The van der Waals surface area contributed by atoms with Gasteiger partial charge in [0.25, 0.3) is 0 Å². The van der Waals surface area contributed by atoms with Crippen molar-refractivity contribution in [1.29, 1.82) is 0 Å². The molecule has 0 radical (unpaired) electrons. The van der Waals surface area contributed by atoms with Gasteiger partial charge in [-0.15, -0.1) is 0 Å². The van der Waals surface area contributed by atoms with Crippen LogP contribution in [0.2, 0.25) is 0 Å². The summed E-state index contributed by atoms with van der Waals surface area (Å²) < 4.78 is 5.48. The van der Waals surface area contributed by atoms with E-state index in [1.807, 2.05) is 56.3 Å². The molecule has 8 nitrogen and oxygen atoms in total. The van der Waals surface area contributed by atoms with Crippen LogP contribution in [0.1, 0.15) is 56.5 Å². The van der Waals surface area contributed by atoms with Crippen molar-refractivity contribution in [3.8, 4) is 0 Å². The second kappa shape index (κ2) is 12.7. The second-order valence-corrected chi connectivity index (χ2v) is 7.77. The van der Waals surface area contributed by atoms with E-state index in [1.54, 1.807) is 0 Å². The van der Waals surface area contributed by atoms with Crippen molar-refractivity contribution >= 4 is 17.6 Å². The van der Waals surface area contributed by atoms with Crippen LogP contribution in [0, 0.1) is 0 Å². The Labute approximate surface area is 185 Å². The van der Waals surface area contributed by atoms with Crippen molar-refractivity contribution in [1.82, 2.24) is 20.7 Å². The molecule has 0 bridgehead atoms. The van der Waals surface area contributed by atoms with E-state index in [0.29, 0.717) is 31.5 Å². The first-order valence-corrected chi connectivity index (χ1v) is 11.0. The maximum absolute atomic E-state index is 12.0. The van der Waals surface area contributed by atoms with Gasteiger partial charge in [-0.25, -0.2) is 4.99 Å². The molecule has 0 aliphatic heterocycles. The van der Waals surface area contributed by atoms with Gasteiger partial charge in [0.2, 0.25) is 5.91 Å². The van der Waals surface area contributed by atoms with E-state index >= 15 is 0 Å². The van der Waals surface area contributed by atoms with Crippen LogP contribution in [0.25, 0.3) is 0 Å². The second-order valence-electron chi connectivity index (χ2n) is 7.77. The summed E-state index contributed by atoms with van der Waals surface area (Å²) in [6.45, 7) is 8.46. The molecular formula is C23H36N6O2. The average Bonchev–Trinajstić information content (AvgIpc) is 3.19. The molecule has 3 N–H and O–H groups in total. The number of nitrogens with zero attached hydrogens (tertiary/aromatic N) is 3. The summed E-state index contributed by atoms with van der Waals surface area (Å²) in [4.78, 5) is 18.5. The lowest BCUT2D eigenvalue weighted by molar-refractivity contribution is -0.116. The van der Waals surface area contributed by atoms with Crippen LogP contribution in [0.4, 0.5) is 5.69 Å². The Hall–Kier alpha value is -2.87. The molecule has 2 rings (SSSR count). The minimum Gasteiger partial charge on any atom is -0.359 e. The van der Waals surface area contributed by atoms with Gasteiger partial charge >= 0.3 is 0 Å². The first-order chi connectivity index (χ1) is 14.9. The van der Waals surface area contributed by atoms with Crippen molar-refractivity contribution < 1.29 is 9.32 Å². The summed E-state index contributed by atoms with van der Waals surface area (Å²) >= 11 is 0. The lowest BCUT2D eigenvalue weighted by Gasteiger charge is -2.12. The third-order valence-electron chi connectivity index (χ3n) is 4.85. The van der Waals surface area contributed by atoms with Gasteiger partial charge in [-0.05, 0) is 51.6 Å². The molecule has 0 aliphatic rings. The third kappa shape index (κ3) is 8.41. The summed E-state index contributed by atoms with van der Waals surface area (Å²) in [7, 11) is 3.73. The summed E-state index contributed by atoms with van der Waals surface area (Å²) in [5.41, 5.74) is 2.79. The first-order valence-electron chi connectivity index (χ1n) is 11.0. The molecule has 0 fully saturated rings. The van der Waals surface area contributed by atoms with Crippen LogP contribution in [0.5, 0.6) is 0 Å². The Balaban J connectivity index is 1.96. The molecule has 31 heavy (non-hydrogen) atoms. The molecule has 0 spiro atoms. The molecule has 2 aromatic rings. The standard InChI is InChI=1S/C23H36N6O2/c1-6-18(7-2)21-13-20(31-28-21)15-26-23(24-8-3)25-14-17-10-9-11-19(12-17)27-22(30)16-29(4)5/h9-13,18H,6-8,14-16H2,1-5H3,(H,27,30)(H2,24,25,26). The summed E-state index contributed by atoms with van der Waals surface area (Å²) in [6, 6.07) is 9.76. The zero-order valence-corrected chi connectivity index (χ0v) is 19.4. The smallest absolute Gasteiger partial charge is 0.238 e. The molecule has 8 heteroatoms. The van der Waals surface area contributed by atoms with Crippen molar-refractivity contribution in [3.63, 3.8) is 0 Å². The number of rotatable bonds is 11. The van der Waals surface area contributed by atoms with Gasteiger partial charge < -0.3 is 25.4 Å². The predicted molar refractivity (Wildman–Crippen MR) is 125 cm³/mol. The third-order valence-corrected chi connectivity index (χ3v) is 4.85. The number of aliphatic imine (C=N–C) groups is 1. The highest BCUT2D eigenvalue weighted by Gasteiger charge is 2.13. The molecule has 0 unspecified atom stereocenters. The van der Waals surface area contributed by atoms with Gasteiger partial charge in [-0.1, -0.05) is 31.1 Å². The molecule has 1 heterocycles. The Bertz CT molecular complexity index is 842. The fraction of sp³-hybridized carbons (Fsp3) is 0.522. The number of guanidine groups is 1. The van der Waals surface area contributed by atoms with Gasteiger partial charge in [0.05, 0.1) is 25.3 Å². The highest BCUT2D eigenvalue weighted by atomic mass is 16.5. The molecule has 1 aromatic heterocycles. The Morgan fingerprint density at radius 2 is 1.94 bits per heavy atom. The van der Waals surface area contributed by atoms with Crippen LogP contribution >= 0.6 is 0 Å². The van der Waals surface area contributed by atoms with Crippen molar-refractivity contribution in [2.24, 2.45) is 4.99 Å². The van der Waals surface area contributed by atoms with E-state index in [0.717, 1.165) is 42.1 Å². The monoisotopic (exact) mass is 428 g/mol. The van der Waals surface area contributed by atoms with E-state index in [9.17, 15) is 4.79 Å². The highest BCUT2D eigenvalue weighted by molar-refractivity contribution is 5.92. The van der Waals surface area contributed by atoms with Gasteiger partial charge in [-0.3, -0.25) is 4.79 Å². The molecule has 170 valence electrons. The average molecular weight is 429 g/mol. The number of amides is 1. The number of anilines is 1. The SMILES string of the molecule is CCNC(=NCc1cccc(NC(=O)CN(C)C)c1)NCc1cc(C(CC)CC)no1. The van der Waals surface area contributed by atoms with Crippen molar-refractivity contribution in [2.75, 3.05) is 32.5 Å². The quantitative estimate of drug-likeness (QED) is 0.375. The van der Waals surface area contributed by atoms with E-state index in [1.165, 1.54) is 0 Å². The number of hydrogen-bond acceptors (Lipinski definition) is 5. The Morgan fingerprint density at radius 3 is 2.61 bits per heavy atom. The highest BCUT2D eigenvalue weighted by Crippen LogP contribution is 2.22. The number of carbonyl (C=O) groups is 1. The topological polar surface area (TPSA) is 94.8 Å². The molecule has 0 saturated heterocycles. The summed E-state index contributed by atoms with van der Waals surface area (Å²) in [6.07, 6.45) is 2.10. The molecule has 1 amide bonds. The van der Waals surface area contributed by atoms with Crippen molar-refractivity contribution in [3.05, 3.63) is 47.3 Å². The minimum atomic E-state index is -0.0412. The van der Waals surface area contributed by atoms with E-state index in [4.69, 9.17) is 4.52 Å². The fourth-order valence-electron chi connectivity index (χ4n) is 3.23. The van der Waals surface area contributed by atoms with Gasteiger partial charge in [0.1, 0.15) is 0 Å². The molecule has 0 atom stereocenters. The number of carbonyl (C=O) groups excluding carboxylic acids is 1. The largest absolute Gasteiger partial charge is 0.359 e. The van der Waals surface area contributed by atoms with Crippen LogP contribution in [0.15, 0.2) is 39.8 Å². The summed E-state index contributed by atoms with van der Waals surface area (Å²) in [5.74, 6) is 1.88. The zero-order valence-electron chi connectivity index (χ0n) is 19.4. The minimum absolute atomic E-state index is 0.0412. The molecule has 1 aromatic carbocycles. The normalized spacial score (nSPS) is 11.8. The first kappa shape index (κ1) is 24.4. The number of hydrogen-bond donors (Lipinski definition) is 3. The van der Waals surface area contributed by atoms with Crippen LogP contribution < -0.4 is 16.0 Å². The maximum Gasteiger partial charge on any atom is 0.238 e. The molecule has 0 aliphatic carbocycles. The van der Waals surface area contributed by atoms with Crippen LogP contribution in [0.3, 0.4) is 0 Å². The van der Waals surface area contributed by atoms with E-state index in [2.05, 4.69) is 39.9 Å². The lowest BCUT2D eigenvalue weighted by Crippen LogP contribution is -2.36. The van der Waals surface area contributed by atoms with Crippen LogP contribution in [-0.4, -0.2) is 49.1 Å². The van der Waals surface area contributed by atoms with E-state index in [-0.39, 0.29) is 5.91 Å². The number of likely N-dealkylation sites (N-methyl/N-ethyl adjacent to an activating group) is 1. The van der Waals surface area contributed by atoms with Gasteiger partial charge in [-0.2, -0.15) is 0 Å². The van der Waals surface area contributed by atoms with Gasteiger partial charge in [0, 0.05) is 24.2 Å². The zero-order chi connectivity index (χ0) is 22.6. The maximum atomic E-state index is 12.0. The predicted octanol–water partition coefficient (Wildman–Crippen LogP) is 3.33. The Morgan fingerprint density at radius 1 is 1.16 bits per heavy atom.